The minimum absolute atomic E-state index is 0.0706. The molecule has 5 heteroatoms. The summed E-state index contributed by atoms with van der Waals surface area (Å²) in [7, 11) is 0. The van der Waals surface area contributed by atoms with E-state index in [-0.39, 0.29) is 5.91 Å². The summed E-state index contributed by atoms with van der Waals surface area (Å²) in [6, 6.07) is 15.8. The van der Waals surface area contributed by atoms with E-state index in [4.69, 9.17) is 9.73 Å². The number of nitrogens with zero attached hydrogens (tertiary/aromatic N) is 1. The quantitative estimate of drug-likeness (QED) is 0.421. The average molecular weight is 433 g/mol. The highest BCUT2D eigenvalue weighted by Crippen LogP contribution is 2.40. The number of carbonyl (C=O) groups excluding carboxylic acids is 1. The number of thiophene rings is 1. The number of rotatable bonds is 7. The Bertz CT molecular complexity index is 1070. The standard InChI is InChI=1S/C26H28N2O2S/c1-3-16-30-21-14-10-19(11-15-21)17-27-26-24(22-6-4-5-7-23(22)31-26)25(29)28-20-12-8-18(2)9-13-20/h8-15,17H,3-7,16H2,1-2H3,(H,28,29). The number of benzene rings is 2. The first kappa shape index (κ1) is 21.3. The van der Waals surface area contributed by atoms with Gasteiger partial charge in [-0.2, -0.15) is 0 Å². The van der Waals surface area contributed by atoms with E-state index in [1.807, 2.05) is 61.7 Å². The molecule has 160 valence electrons. The predicted molar refractivity (Wildman–Crippen MR) is 130 cm³/mol. The summed E-state index contributed by atoms with van der Waals surface area (Å²) in [6.45, 7) is 4.85. The van der Waals surface area contributed by atoms with Gasteiger partial charge >= 0.3 is 0 Å². The van der Waals surface area contributed by atoms with E-state index in [1.54, 1.807) is 11.3 Å². The third-order valence-corrected chi connectivity index (χ3v) is 6.57. The fourth-order valence-corrected chi connectivity index (χ4v) is 4.94. The summed E-state index contributed by atoms with van der Waals surface area (Å²) < 4.78 is 5.65. The van der Waals surface area contributed by atoms with Crippen molar-refractivity contribution in [1.29, 1.82) is 0 Å². The molecule has 2 aromatic carbocycles. The molecule has 0 saturated heterocycles. The van der Waals surface area contributed by atoms with Gasteiger partial charge in [0, 0.05) is 16.8 Å². The number of amides is 1. The molecular formula is C26H28N2O2S. The molecule has 0 radical (unpaired) electrons. The number of hydrogen-bond acceptors (Lipinski definition) is 4. The highest BCUT2D eigenvalue weighted by molar-refractivity contribution is 7.16. The minimum atomic E-state index is -0.0706. The van der Waals surface area contributed by atoms with Gasteiger partial charge in [-0.05, 0) is 86.6 Å². The number of aryl methyl sites for hydroxylation is 2. The molecule has 1 heterocycles. The van der Waals surface area contributed by atoms with E-state index in [9.17, 15) is 4.79 Å². The monoisotopic (exact) mass is 432 g/mol. The number of aliphatic imine (C=N–C) groups is 1. The Balaban J connectivity index is 1.58. The molecule has 0 unspecified atom stereocenters. The zero-order chi connectivity index (χ0) is 21.6. The second kappa shape index (κ2) is 9.92. The Morgan fingerprint density at radius 3 is 2.58 bits per heavy atom. The molecule has 1 amide bonds. The zero-order valence-electron chi connectivity index (χ0n) is 18.1. The van der Waals surface area contributed by atoms with E-state index < -0.39 is 0 Å². The number of ether oxygens (including phenoxy) is 1. The number of carbonyl (C=O) groups is 1. The molecule has 1 N–H and O–H groups in total. The second-order valence-corrected chi connectivity index (χ2v) is 8.97. The van der Waals surface area contributed by atoms with E-state index >= 15 is 0 Å². The van der Waals surface area contributed by atoms with Crippen molar-refractivity contribution in [2.24, 2.45) is 4.99 Å². The molecule has 1 aliphatic rings. The Labute approximate surface area is 188 Å². The number of anilines is 1. The van der Waals surface area contributed by atoms with Crippen LogP contribution in [0.3, 0.4) is 0 Å². The lowest BCUT2D eigenvalue weighted by molar-refractivity contribution is 0.102. The molecule has 1 aliphatic carbocycles. The first-order valence-electron chi connectivity index (χ1n) is 10.9. The topological polar surface area (TPSA) is 50.7 Å². The smallest absolute Gasteiger partial charge is 0.259 e. The maximum absolute atomic E-state index is 13.2. The molecule has 0 fully saturated rings. The molecule has 1 aromatic heterocycles. The van der Waals surface area contributed by atoms with Gasteiger partial charge in [0.05, 0.1) is 12.2 Å². The van der Waals surface area contributed by atoms with Crippen LogP contribution in [-0.2, 0) is 12.8 Å². The Morgan fingerprint density at radius 1 is 1.10 bits per heavy atom. The van der Waals surface area contributed by atoms with Crippen molar-refractivity contribution in [3.63, 3.8) is 0 Å². The van der Waals surface area contributed by atoms with Crippen molar-refractivity contribution in [2.45, 2.75) is 46.0 Å². The Hall–Kier alpha value is -2.92. The third-order valence-electron chi connectivity index (χ3n) is 5.37. The van der Waals surface area contributed by atoms with Crippen molar-refractivity contribution in [3.8, 4) is 5.75 Å². The summed E-state index contributed by atoms with van der Waals surface area (Å²) in [5.74, 6) is 0.794. The van der Waals surface area contributed by atoms with E-state index in [2.05, 4.69) is 12.2 Å². The molecule has 4 nitrogen and oxygen atoms in total. The van der Waals surface area contributed by atoms with Crippen LogP contribution in [0.2, 0.25) is 0 Å². The van der Waals surface area contributed by atoms with Crippen molar-refractivity contribution in [1.82, 2.24) is 0 Å². The molecule has 0 saturated carbocycles. The van der Waals surface area contributed by atoms with Crippen LogP contribution in [0.1, 0.15) is 58.1 Å². The van der Waals surface area contributed by atoms with Crippen molar-refractivity contribution < 1.29 is 9.53 Å². The summed E-state index contributed by atoms with van der Waals surface area (Å²) in [5, 5.41) is 3.86. The predicted octanol–water partition coefficient (Wildman–Crippen LogP) is 6.73. The number of hydrogen-bond donors (Lipinski definition) is 1. The lowest BCUT2D eigenvalue weighted by atomic mass is 9.95. The van der Waals surface area contributed by atoms with Crippen LogP contribution >= 0.6 is 11.3 Å². The SMILES string of the molecule is CCCOc1ccc(C=Nc2sc3c(c2C(=O)Nc2ccc(C)cc2)CCCC3)cc1. The minimum Gasteiger partial charge on any atom is -0.494 e. The van der Waals surface area contributed by atoms with Crippen molar-refractivity contribution in [2.75, 3.05) is 11.9 Å². The van der Waals surface area contributed by atoms with Crippen LogP contribution in [0.15, 0.2) is 53.5 Å². The van der Waals surface area contributed by atoms with Gasteiger partial charge in [-0.25, -0.2) is 4.99 Å². The zero-order valence-corrected chi connectivity index (χ0v) is 18.9. The van der Waals surface area contributed by atoms with E-state index in [0.29, 0.717) is 6.61 Å². The molecule has 0 atom stereocenters. The fraction of sp³-hybridized carbons (Fsp3) is 0.308. The third kappa shape index (κ3) is 5.23. The van der Waals surface area contributed by atoms with Crippen LogP contribution in [0.5, 0.6) is 5.75 Å². The highest BCUT2D eigenvalue weighted by Gasteiger charge is 2.25. The van der Waals surface area contributed by atoms with E-state index in [1.165, 1.54) is 22.4 Å². The van der Waals surface area contributed by atoms with Gasteiger partial charge in [0.25, 0.3) is 5.91 Å². The highest BCUT2D eigenvalue weighted by atomic mass is 32.1. The van der Waals surface area contributed by atoms with Gasteiger partial charge in [-0.3, -0.25) is 4.79 Å². The van der Waals surface area contributed by atoms with Gasteiger partial charge in [0.1, 0.15) is 10.8 Å². The first-order chi connectivity index (χ1) is 15.1. The largest absolute Gasteiger partial charge is 0.494 e. The van der Waals surface area contributed by atoms with Gasteiger partial charge in [-0.15, -0.1) is 11.3 Å². The summed E-state index contributed by atoms with van der Waals surface area (Å²) in [4.78, 5) is 19.3. The van der Waals surface area contributed by atoms with Gasteiger partial charge in [0.15, 0.2) is 0 Å². The van der Waals surface area contributed by atoms with Crippen LogP contribution in [0, 0.1) is 6.92 Å². The maximum Gasteiger partial charge on any atom is 0.259 e. The van der Waals surface area contributed by atoms with Gasteiger partial charge in [0.2, 0.25) is 0 Å². The van der Waals surface area contributed by atoms with Gasteiger partial charge < -0.3 is 10.1 Å². The number of nitrogens with one attached hydrogen (secondary N) is 1. The molecule has 0 bridgehead atoms. The Morgan fingerprint density at radius 2 is 1.84 bits per heavy atom. The van der Waals surface area contributed by atoms with Crippen LogP contribution in [-0.4, -0.2) is 18.7 Å². The molecule has 31 heavy (non-hydrogen) atoms. The van der Waals surface area contributed by atoms with Crippen LogP contribution in [0.25, 0.3) is 0 Å². The molecule has 3 aromatic rings. The first-order valence-corrected chi connectivity index (χ1v) is 11.7. The van der Waals surface area contributed by atoms with E-state index in [0.717, 1.165) is 53.2 Å². The van der Waals surface area contributed by atoms with Crippen molar-refractivity contribution in [3.05, 3.63) is 75.7 Å². The molecule has 4 rings (SSSR count). The Kier molecular flexibility index (Phi) is 6.82. The van der Waals surface area contributed by atoms with Gasteiger partial charge in [-0.1, -0.05) is 24.6 Å². The average Bonchev–Trinajstić information content (AvgIpc) is 3.17. The maximum atomic E-state index is 13.2. The lowest BCUT2D eigenvalue weighted by Crippen LogP contribution is -2.14. The van der Waals surface area contributed by atoms with Crippen molar-refractivity contribution >= 4 is 34.1 Å². The molecule has 0 spiro atoms. The molecule has 0 aliphatic heterocycles. The lowest BCUT2D eigenvalue weighted by Gasteiger charge is -2.13. The fourth-order valence-electron chi connectivity index (χ4n) is 3.71. The van der Waals surface area contributed by atoms with Crippen LogP contribution < -0.4 is 10.1 Å². The molecular weight excluding hydrogens is 404 g/mol. The normalized spacial score (nSPS) is 13.2. The summed E-state index contributed by atoms with van der Waals surface area (Å²) in [5.41, 5.74) is 4.88. The summed E-state index contributed by atoms with van der Waals surface area (Å²) >= 11 is 1.65. The van der Waals surface area contributed by atoms with Crippen LogP contribution in [0.4, 0.5) is 10.7 Å². The number of fused-ring (bicyclic) bond motifs is 1. The second-order valence-electron chi connectivity index (χ2n) is 7.89. The summed E-state index contributed by atoms with van der Waals surface area (Å²) in [6.07, 6.45) is 7.10.